The molecular formula is C9H21ClN4O2. The minimum Gasteiger partial charge on any atom is -0.342 e. The molecule has 1 saturated heterocycles. The van der Waals surface area contributed by atoms with Crippen molar-refractivity contribution in [2.45, 2.75) is 39.0 Å². The fraction of sp³-hybridized carbons (Fsp3) is 1.00. The Morgan fingerprint density at radius 3 is 2.44 bits per heavy atom. The van der Waals surface area contributed by atoms with Crippen LogP contribution in [0.4, 0.5) is 0 Å². The van der Waals surface area contributed by atoms with E-state index < -0.39 is 6.41 Å². The summed E-state index contributed by atoms with van der Waals surface area (Å²) in [6, 6.07) is 0. The van der Waals surface area contributed by atoms with Crippen LogP contribution in [0.25, 0.3) is 0 Å². The van der Waals surface area contributed by atoms with Crippen molar-refractivity contribution in [2.24, 2.45) is 0 Å². The lowest BCUT2D eigenvalue weighted by Crippen LogP contribution is -2.52. The van der Waals surface area contributed by atoms with Gasteiger partial charge in [0.05, 0.1) is 11.5 Å². The third-order valence-electron chi connectivity index (χ3n) is 2.14. The van der Waals surface area contributed by atoms with Gasteiger partial charge in [0.15, 0.2) is 0 Å². The first-order valence-corrected chi connectivity index (χ1v) is 5.71. The predicted octanol–water partition coefficient (Wildman–Crippen LogP) is 0.468. The molecule has 0 aromatic heterocycles. The largest absolute Gasteiger partial charge is 0.342 e. The molecule has 0 aliphatic carbocycles. The molecule has 0 radical (unpaired) electrons. The summed E-state index contributed by atoms with van der Waals surface area (Å²) in [5, 5.41) is 3.64. The number of ether oxygens (including phenoxy) is 2. The number of hydrazine groups is 3. The Balaban J connectivity index is 2.65. The maximum absolute atomic E-state index is 5.90. The number of hydrogen-bond donors (Lipinski definition) is 2. The van der Waals surface area contributed by atoms with Crippen LogP contribution in [-0.2, 0) is 9.47 Å². The van der Waals surface area contributed by atoms with E-state index in [1.54, 1.807) is 12.1 Å². The van der Waals surface area contributed by atoms with E-state index in [1.807, 2.05) is 32.8 Å². The first kappa shape index (κ1) is 14.1. The topological polar surface area (TPSA) is 49.0 Å². The summed E-state index contributed by atoms with van der Waals surface area (Å²) in [5.74, 6) is 0.434. The number of nitrogens with zero attached hydrogens (tertiary/aromatic N) is 2. The van der Waals surface area contributed by atoms with Crippen LogP contribution in [0.15, 0.2) is 0 Å². The van der Waals surface area contributed by atoms with Crippen molar-refractivity contribution in [3.05, 3.63) is 0 Å². The Morgan fingerprint density at radius 2 is 2.00 bits per heavy atom. The standard InChI is InChI=1S/C9H21ClN4O2/c1-9(2,3)16-8(15-5)14-7(6-10)13(4)11-12-14/h7-8,11-12H,6H2,1-5H3. The normalized spacial score (nSPS) is 26.2. The van der Waals surface area contributed by atoms with Gasteiger partial charge in [-0.25, -0.2) is 5.01 Å². The zero-order valence-electron chi connectivity index (χ0n) is 10.5. The Bertz CT molecular complexity index is 224. The highest BCUT2D eigenvalue weighted by Crippen LogP contribution is 2.18. The number of rotatable bonds is 4. The number of alkyl halides is 1. The lowest BCUT2D eigenvalue weighted by Gasteiger charge is -2.34. The van der Waals surface area contributed by atoms with Crippen LogP contribution in [0.5, 0.6) is 0 Å². The first-order chi connectivity index (χ1) is 7.39. The first-order valence-electron chi connectivity index (χ1n) is 5.18. The third-order valence-corrected chi connectivity index (χ3v) is 2.42. The molecule has 2 atom stereocenters. The zero-order valence-corrected chi connectivity index (χ0v) is 11.2. The van der Waals surface area contributed by atoms with Gasteiger partial charge in [0.1, 0.15) is 6.17 Å². The summed E-state index contributed by atoms with van der Waals surface area (Å²) in [6.45, 7) is 5.92. The maximum Gasteiger partial charge on any atom is 0.234 e. The lowest BCUT2D eigenvalue weighted by molar-refractivity contribution is -0.269. The van der Waals surface area contributed by atoms with Gasteiger partial charge in [-0.15, -0.1) is 11.6 Å². The van der Waals surface area contributed by atoms with Crippen LogP contribution in [0.1, 0.15) is 20.8 Å². The number of nitrogens with one attached hydrogen (secondary N) is 2. The van der Waals surface area contributed by atoms with Gasteiger partial charge < -0.3 is 9.47 Å². The second-order valence-electron chi connectivity index (χ2n) is 4.65. The molecule has 0 spiro atoms. The van der Waals surface area contributed by atoms with E-state index in [-0.39, 0.29) is 11.8 Å². The summed E-state index contributed by atoms with van der Waals surface area (Å²) < 4.78 is 11.1. The van der Waals surface area contributed by atoms with Crippen LogP contribution in [0.2, 0.25) is 0 Å². The summed E-state index contributed by atoms with van der Waals surface area (Å²) >= 11 is 5.90. The quantitative estimate of drug-likeness (QED) is 0.560. The summed E-state index contributed by atoms with van der Waals surface area (Å²) in [7, 11) is 3.49. The summed E-state index contributed by atoms with van der Waals surface area (Å²) in [4.78, 5) is 0. The molecule has 2 N–H and O–H groups in total. The van der Waals surface area contributed by atoms with Crippen molar-refractivity contribution in [2.75, 3.05) is 20.0 Å². The highest BCUT2D eigenvalue weighted by atomic mass is 35.5. The van der Waals surface area contributed by atoms with E-state index in [9.17, 15) is 0 Å². The smallest absolute Gasteiger partial charge is 0.234 e. The van der Waals surface area contributed by atoms with Gasteiger partial charge in [-0.05, 0) is 20.8 Å². The molecule has 1 fully saturated rings. The van der Waals surface area contributed by atoms with Gasteiger partial charge in [0, 0.05) is 14.2 Å². The van der Waals surface area contributed by atoms with Crippen molar-refractivity contribution in [1.29, 1.82) is 0 Å². The molecule has 16 heavy (non-hydrogen) atoms. The predicted molar refractivity (Wildman–Crippen MR) is 62.0 cm³/mol. The molecule has 0 aromatic carbocycles. The fourth-order valence-electron chi connectivity index (χ4n) is 1.36. The highest BCUT2D eigenvalue weighted by molar-refractivity contribution is 6.18. The van der Waals surface area contributed by atoms with Crippen LogP contribution in [0.3, 0.4) is 0 Å². The number of halogens is 1. The van der Waals surface area contributed by atoms with E-state index in [1.165, 1.54) is 0 Å². The van der Waals surface area contributed by atoms with Crippen LogP contribution in [-0.4, -0.2) is 48.2 Å². The SMILES string of the molecule is COC(OC(C)(C)C)N1NNN(C)C1CCl. The second kappa shape index (κ2) is 5.59. The Morgan fingerprint density at radius 1 is 1.38 bits per heavy atom. The van der Waals surface area contributed by atoms with E-state index in [0.717, 1.165) is 0 Å². The molecule has 0 saturated carbocycles. The molecular weight excluding hydrogens is 232 g/mol. The van der Waals surface area contributed by atoms with Gasteiger partial charge >= 0.3 is 0 Å². The molecule has 0 amide bonds. The van der Waals surface area contributed by atoms with Gasteiger partial charge in [0.2, 0.25) is 6.41 Å². The van der Waals surface area contributed by atoms with Crippen LogP contribution in [0, 0.1) is 0 Å². The third kappa shape index (κ3) is 3.53. The van der Waals surface area contributed by atoms with Crippen LogP contribution >= 0.6 is 11.6 Å². The number of hydrogen-bond acceptors (Lipinski definition) is 6. The van der Waals surface area contributed by atoms with Gasteiger partial charge in [-0.1, -0.05) is 0 Å². The molecule has 2 unspecified atom stereocenters. The molecule has 96 valence electrons. The second-order valence-corrected chi connectivity index (χ2v) is 4.96. The van der Waals surface area contributed by atoms with Crippen molar-refractivity contribution < 1.29 is 9.47 Å². The molecule has 0 aromatic rings. The monoisotopic (exact) mass is 252 g/mol. The molecule has 6 nitrogen and oxygen atoms in total. The summed E-state index contributed by atoms with van der Waals surface area (Å²) in [5.41, 5.74) is 5.60. The maximum atomic E-state index is 5.90. The fourth-order valence-corrected chi connectivity index (χ4v) is 1.72. The Labute approximate surface area is 102 Å². The minimum absolute atomic E-state index is 0.0334. The van der Waals surface area contributed by atoms with E-state index in [2.05, 4.69) is 11.1 Å². The summed E-state index contributed by atoms with van der Waals surface area (Å²) in [6.07, 6.45) is -0.532. The van der Waals surface area contributed by atoms with Crippen molar-refractivity contribution >= 4 is 11.6 Å². The van der Waals surface area contributed by atoms with Crippen molar-refractivity contribution in [1.82, 2.24) is 21.1 Å². The van der Waals surface area contributed by atoms with E-state index in [0.29, 0.717) is 5.88 Å². The minimum atomic E-state index is -0.499. The average Bonchev–Trinajstić information content (AvgIpc) is 2.54. The van der Waals surface area contributed by atoms with Crippen LogP contribution < -0.4 is 11.1 Å². The molecule has 7 heteroatoms. The van der Waals surface area contributed by atoms with Gasteiger partial charge in [-0.3, -0.25) is 0 Å². The molecule has 0 bridgehead atoms. The lowest BCUT2D eigenvalue weighted by atomic mass is 10.2. The van der Waals surface area contributed by atoms with Gasteiger partial charge in [0.25, 0.3) is 0 Å². The van der Waals surface area contributed by atoms with E-state index >= 15 is 0 Å². The Kier molecular flexibility index (Phi) is 4.93. The zero-order chi connectivity index (χ0) is 12.3. The highest BCUT2D eigenvalue weighted by Gasteiger charge is 2.36. The molecule has 1 aliphatic rings. The number of methoxy groups -OCH3 is 1. The van der Waals surface area contributed by atoms with E-state index in [4.69, 9.17) is 21.1 Å². The average molecular weight is 253 g/mol. The van der Waals surface area contributed by atoms with Gasteiger partial charge in [-0.2, -0.15) is 16.1 Å². The van der Waals surface area contributed by atoms with Crippen molar-refractivity contribution in [3.8, 4) is 0 Å². The Hall–Kier alpha value is 0.0500. The molecule has 1 aliphatic heterocycles. The molecule has 1 heterocycles. The molecule has 1 rings (SSSR count). The van der Waals surface area contributed by atoms with Crippen molar-refractivity contribution in [3.63, 3.8) is 0 Å².